The van der Waals surface area contributed by atoms with Crippen molar-refractivity contribution in [3.05, 3.63) is 0 Å². The summed E-state index contributed by atoms with van der Waals surface area (Å²) in [5, 5.41) is 8.45. The summed E-state index contributed by atoms with van der Waals surface area (Å²) in [6, 6.07) is 0. The molecule has 1 N–H and O–H groups in total. The van der Waals surface area contributed by atoms with E-state index in [1.54, 1.807) is 6.92 Å². The second-order valence-corrected chi connectivity index (χ2v) is 2.04. The van der Waals surface area contributed by atoms with E-state index in [4.69, 9.17) is 16.3 Å². The lowest BCUT2D eigenvalue weighted by Crippen LogP contribution is -2.08. The molecule has 0 spiro atoms. The number of aliphatic hydroxyl groups excluding tert-OH is 1. The molecule has 0 bridgehead atoms. The van der Waals surface area contributed by atoms with Gasteiger partial charge >= 0.3 is 0 Å². The third-order valence-electron chi connectivity index (χ3n) is 1.40. The van der Waals surface area contributed by atoms with Gasteiger partial charge in [-0.1, -0.05) is 5.92 Å². The lowest BCUT2D eigenvalue weighted by molar-refractivity contribution is 0.240. The number of ether oxygens (including phenoxy) is 1. The molecular weight excluding hydrogens is 104 g/mol. The Morgan fingerprint density at radius 3 is 2.75 bits per heavy atom. The molecule has 0 unspecified atom stereocenters. The standard InChI is InChI=1S/C6H8O2/c1-3-6(2)5(4-7)8-6/h1,5,7H,4H2,2H3/t5-,6+/m1/s1. The van der Waals surface area contributed by atoms with Crippen LogP contribution in [0, 0.1) is 12.3 Å². The van der Waals surface area contributed by atoms with Crippen molar-refractivity contribution in [3.8, 4) is 12.3 Å². The van der Waals surface area contributed by atoms with Crippen LogP contribution in [0.25, 0.3) is 0 Å². The van der Waals surface area contributed by atoms with Crippen LogP contribution in [0.2, 0.25) is 0 Å². The first-order valence-corrected chi connectivity index (χ1v) is 2.49. The Morgan fingerprint density at radius 1 is 2.00 bits per heavy atom. The topological polar surface area (TPSA) is 32.8 Å². The minimum Gasteiger partial charge on any atom is -0.394 e. The van der Waals surface area contributed by atoms with E-state index in [1.165, 1.54) is 0 Å². The maximum atomic E-state index is 8.45. The first kappa shape index (κ1) is 5.61. The van der Waals surface area contributed by atoms with Crippen molar-refractivity contribution in [2.75, 3.05) is 6.61 Å². The summed E-state index contributed by atoms with van der Waals surface area (Å²) >= 11 is 0. The van der Waals surface area contributed by atoms with Crippen LogP contribution >= 0.6 is 0 Å². The summed E-state index contributed by atoms with van der Waals surface area (Å²) in [7, 11) is 0. The maximum absolute atomic E-state index is 8.45. The number of aliphatic hydroxyl groups is 1. The third-order valence-corrected chi connectivity index (χ3v) is 1.40. The zero-order valence-corrected chi connectivity index (χ0v) is 4.72. The van der Waals surface area contributed by atoms with Gasteiger partial charge in [0.25, 0.3) is 0 Å². The molecule has 44 valence electrons. The van der Waals surface area contributed by atoms with Crippen LogP contribution in [0.1, 0.15) is 6.92 Å². The smallest absolute Gasteiger partial charge is 0.154 e. The van der Waals surface area contributed by atoms with Crippen molar-refractivity contribution in [3.63, 3.8) is 0 Å². The Hall–Kier alpha value is -0.520. The van der Waals surface area contributed by atoms with Crippen LogP contribution in [0.5, 0.6) is 0 Å². The summed E-state index contributed by atoms with van der Waals surface area (Å²) in [5.74, 6) is 2.43. The number of terminal acetylenes is 1. The van der Waals surface area contributed by atoms with Gasteiger partial charge in [0.05, 0.1) is 6.61 Å². The Balaban J connectivity index is 2.46. The van der Waals surface area contributed by atoms with Crippen LogP contribution < -0.4 is 0 Å². The van der Waals surface area contributed by atoms with Crippen molar-refractivity contribution >= 4 is 0 Å². The number of epoxide rings is 1. The molecule has 1 aliphatic heterocycles. The summed E-state index contributed by atoms with van der Waals surface area (Å²) in [6.07, 6.45) is 4.93. The highest BCUT2D eigenvalue weighted by atomic mass is 16.6. The van der Waals surface area contributed by atoms with Gasteiger partial charge in [-0.05, 0) is 6.92 Å². The summed E-state index contributed by atoms with van der Waals surface area (Å²) in [6.45, 7) is 1.81. The molecule has 0 aliphatic carbocycles. The molecule has 2 atom stereocenters. The predicted molar refractivity (Wildman–Crippen MR) is 29.2 cm³/mol. The lowest BCUT2D eigenvalue weighted by Gasteiger charge is -1.87. The summed E-state index contributed by atoms with van der Waals surface area (Å²) in [5.41, 5.74) is -0.464. The van der Waals surface area contributed by atoms with Crippen molar-refractivity contribution in [2.45, 2.75) is 18.6 Å². The fraction of sp³-hybridized carbons (Fsp3) is 0.667. The molecule has 1 heterocycles. The zero-order chi connectivity index (χ0) is 6.20. The van der Waals surface area contributed by atoms with Crippen LogP contribution in [0.4, 0.5) is 0 Å². The highest BCUT2D eigenvalue weighted by molar-refractivity contribution is 5.19. The van der Waals surface area contributed by atoms with Gasteiger partial charge in [-0.2, -0.15) is 0 Å². The number of hydrogen-bond donors (Lipinski definition) is 1. The molecule has 0 aromatic carbocycles. The predicted octanol–water partition coefficient (Wildman–Crippen LogP) is -0.231. The second kappa shape index (κ2) is 1.48. The first-order chi connectivity index (χ1) is 3.73. The molecule has 1 aliphatic rings. The van der Waals surface area contributed by atoms with E-state index in [9.17, 15) is 0 Å². The molecule has 0 radical (unpaired) electrons. The Labute approximate surface area is 48.5 Å². The number of hydrogen-bond acceptors (Lipinski definition) is 2. The van der Waals surface area contributed by atoms with E-state index in [2.05, 4.69) is 5.92 Å². The Kier molecular flexibility index (Phi) is 1.04. The average molecular weight is 112 g/mol. The van der Waals surface area contributed by atoms with E-state index >= 15 is 0 Å². The van der Waals surface area contributed by atoms with Gasteiger partial charge in [0.1, 0.15) is 6.10 Å². The molecule has 0 aromatic heterocycles. The normalized spacial score (nSPS) is 43.4. The molecular formula is C6H8O2. The lowest BCUT2D eigenvalue weighted by atomic mass is 10.1. The fourth-order valence-electron chi connectivity index (χ4n) is 0.600. The minimum absolute atomic E-state index is 0.0285. The summed E-state index contributed by atoms with van der Waals surface area (Å²) in [4.78, 5) is 0. The molecule has 0 saturated carbocycles. The van der Waals surface area contributed by atoms with Gasteiger partial charge in [-0.15, -0.1) is 6.42 Å². The van der Waals surface area contributed by atoms with Crippen LogP contribution in [0.15, 0.2) is 0 Å². The molecule has 1 rings (SSSR count). The second-order valence-electron chi connectivity index (χ2n) is 2.04. The van der Waals surface area contributed by atoms with Gasteiger partial charge < -0.3 is 9.84 Å². The van der Waals surface area contributed by atoms with Crippen molar-refractivity contribution in [1.29, 1.82) is 0 Å². The minimum atomic E-state index is -0.464. The molecule has 0 amide bonds. The van der Waals surface area contributed by atoms with Gasteiger partial charge in [-0.3, -0.25) is 0 Å². The van der Waals surface area contributed by atoms with Gasteiger partial charge in [-0.25, -0.2) is 0 Å². The van der Waals surface area contributed by atoms with E-state index in [1.807, 2.05) is 0 Å². The molecule has 8 heavy (non-hydrogen) atoms. The highest BCUT2D eigenvalue weighted by Gasteiger charge is 2.50. The Bertz CT molecular complexity index is 136. The average Bonchev–Trinajstić information content (AvgIpc) is 2.44. The van der Waals surface area contributed by atoms with Crippen LogP contribution in [-0.2, 0) is 4.74 Å². The number of rotatable bonds is 1. The molecule has 1 fully saturated rings. The largest absolute Gasteiger partial charge is 0.394 e. The van der Waals surface area contributed by atoms with Crippen molar-refractivity contribution < 1.29 is 9.84 Å². The molecule has 0 aromatic rings. The highest BCUT2D eigenvalue weighted by Crippen LogP contribution is 2.34. The maximum Gasteiger partial charge on any atom is 0.154 e. The fourth-order valence-corrected chi connectivity index (χ4v) is 0.600. The third kappa shape index (κ3) is 0.605. The monoisotopic (exact) mass is 112 g/mol. The molecule has 1 saturated heterocycles. The van der Waals surface area contributed by atoms with Crippen molar-refractivity contribution in [1.82, 2.24) is 0 Å². The van der Waals surface area contributed by atoms with Crippen LogP contribution in [0.3, 0.4) is 0 Å². The molecule has 2 nitrogen and oxygen atoms in total. The quantitative estimate of drug-likeness (QED) is 0.375. The van der Waals surface area contributed by atoms with Gasteiger partial charge in [0, 0.05) is 0 Å². The van der Waals surface area contributed by atoms with E-state index in [-0.39, 0.29) is 12.7 Å². The van der Waals surface area contributed by atoms with Gasteiger partial charge in [0.2, 0.25) is 0 Å². The van der Waals surface area contributed by atoms with E-state index in [0.29, 0.717) is 0 Å². The van der Waals surface area contributed by atoms with E-state index < -0.39 is 5.60 Å². The van der Waals surface area contributed by atoms with Gasteiger partial charge in [0.15, 0.2) is 5.60 Å². The zero-order valence-electron chi connectivity index (χ0n) is 4.72. The van der Waals surface area contributed by atoms with Crippen LogP contribution in [-0.4, -0.2) is 23.4 Å². The molecule has 2 heteroatoms. The van der Waals surface area contributed by atoms with Crippen molar-refractivity contribution in [2.24, 2.45) is 0 Å². The summed E-state index contributed by atoms with van der Waals surface area (Å²) < 4.78 is 4.92. The first-order valence-electron chi connectivity index (χ1n) is 2.49. The Morgan fingerprint density at radius 2 is 2.62 bits per heavy atom. The SMILES string of the molecule is C#C[C@]1(C)O[C@@H]1CO. The van der Waals surface area contributed by atoms with E-state index in [0.717, 1.165) is 0 Å².